The van der Waals surface area contributed by atoms with Gasteiger partial charge in [-0.2, -0.15) is 0 Å². The van der Waals surface area contributed by atoms with Crippen molar-refractivity contribution in [1.29, 1.82) is 0 Å². The van der Waals surface area contributed by atoms with Crippen molar-refractivity contribution < 1.29 is 0 Å². The van der Waals surface area contributed by atoms with Crippen molar-refractivity contribution in [2.24, 2.45) is 5.92 Å². The summed E-state index contributed by atoms with van der Waals surface area (Å²) in [7, 11) is 0. The number of halogens is 1. The lowest BCUT2D eigenvalue weighted by Gasteiger charge is -2.33. The van der Waals surface area contributed by atoms with Gasteiger partial charge in [-0.25, -0.2) is 0 Å². The molecule has 0 aromatic carbocycles. The van der Waals surface area contributed by atoms with Crippen LogP contribution >= 0.6 is 15.9 Å². The molecule has 0 unspecified atom stereocenters. The van der Waals surface area contributed by atoms with Crippen LogP contribution in [0.1, 0.15) is 26.7 Å². The molecule has 1 aromatic rings. The van der Waals surface area contributed by atoms with Crippen LogP contribution < -0.4 is 5.32 Å². The molecule has 1 aliphatic rings. The van der Waals surface area contributed by atoms with E-state index in [0.717, 1.165) is 16.1 Å². The van der Waals surface area contributed by atoms with Gasteiger partial charge in [-0.1, -0.05) is 13.8 Å². The third-order valence-corrected chi connectivity index (χ3v) is 3.72. The highest BCUT2D eigenvalue weighted by Crippen LogP contribution is 2.19. The van der Waals surface area contributed by atoms with Crippen molar-refractivity contribution >= 4 is 21.6 Å². The fourth-order valence-electron chi connectivity index (χ4n) is 2.50. The zero-order valence-electron chi connectivity index (χ0n) is 11.2. The van der Waals surface area contributed by atoms with E-state index in [0.29, 0.717) is 6.04 Å². The normalized spacial score (nSPS) is 18.2. The summed E-state index contributed by atoms with van der Waals surface area (Å²) in [6.07, 6.45) is 6.15. The Morgan fingerprint density at radius 2 is 2.11 bits per heavy atom. The van der Waals surface area contributed by atoms with Crippen molar-refractivity contribution in [2.75, 3.05) is 25.0 Å². The number of nitrogens with zero attached hydrogens (tertiary/aromatic N) is 2. The van der Waals surface area contributed by atoms with E-state index in [1.165, 1.54) is 32.5 Å². The van der Waals surface area contributed by atoms with Crippen LogP contribution in [0.15, 0.2) is 22.9 Å². The second-order valence-electron chi connectivity index (χ2n) is 5.50. The molecule has 2 rings (SSSR count). The Bertz CT molecular complexity index is 373. The highest BCUT2D eigenvalue weighted by atomic mass is 79.9. The van der Waals surface area contributed by atoms with Crippen molar-refractivity contribution in [3.8, 4) is 0 Å². The first-order valence-electron chi connectivity index (χ1n) is 6.73. The molecule has 4 heteroatoms. The van der Waals surface area contributed by atoms with Crippen LogP contribution in [0.5, 0.6) is 0 Å². The summed E-state index contributed by atoms with van der Waals surface area (Å²) in [6, 6.07) is 2.68. The topological polar surface area (TPSA) is 28.2 Å². The van der Waals surface area contributed by atoms with Crippen LogP contribution in [0.25, 0.3) is 0 Å². The lowest BCUT2D eigenvalue weighted by Crippen LogP contribution is -2.40. The average Bonchev–Trinajstić information content (AvgIpc) is 2.31. The summed E-state index contributed by atoms with van der Waals surface area (Å²) >= 11 is 3.45. The second-order valence-corrected chi connectivity index (χ2v) is 6.42. The van der Waals surface area contributed by atoms with Gasteiger partial charge < -0.3 is 10.2 Å². The van der Waals surface area contributed by atoms with Crippen LogP contribution in [-0.2, 0) is 0 Å². The number of pyridine rings is 1. The van der Waals surface area contributed by atoms with Crippen molar-refractivity contribution in [1.82, 2.24) is 9.88 Å². The van der Waals surface area contributed by atoms with Gasteiger partial charge in [0, 0.05) is 36.3 Å². The fraction of sp³-hybridized carbons (Fsp3) is 0.643. The van der Waals surface area contributed by atoms with E-state index in [1.807, 2.05) is 12.4 Å². The number of likely N-dealkylation sites (tertiary alicyclic amines) is 1. The first-order chi connectivity index (χ1) is 8.63. The third kappa shape index (κ3) is 4.25. The molecule has 1 aromatic heterocycles. The SMILES string of the molecule is CC(C)CN1CCC(Nc2cncc(Br)c2)CC1. The summed E-state index contributed by atoms with van der Waals surface area (Å²) in [5.41, 5.74) is 1.12. The maximum Gasteiger partial charge on any atom is 0.0540 e. The average molecular weight is 312 g/mol. The minimum Gasteiger partial charge on any atom is -0.381 e. The van der Waals surface area contributed by atoms with Crippen molar-refractivity contribution in [2.45, 2.75) is 32.7 Å². The molecular weight excluding hydrogens is 290 g/mol. The van der Waals surface area contributed by atoms with Crippen LogP contribution in [0, 0.1) is 5.92 Å². The van der Waals surface area contributed by atoms with E-state index in [-0.39, 0.29) is 0 Å². The lowest BCUT2D eigenvalue weighted by atomic mass is 10.0. The van der Waals surface area contributed by atoms with Gasteiger partial charge in [0.1, 0.15) is 0 Å². The van der Waals surface area contributed by atoms with Crippen molar-refractivity contribution in [3.63, 3.8) is 0 Å². The molecule has 18 heavy (non-hydrogen) atoms. The summed E-state index contributed by atoms with van der Waals surface area (Å²) in [4.78, 5) is 6.76. The van der Waals surface area contributed by atoms with Crippen LogP contribution in [0.4, 0.5) is 5.69 Å². The quantitative estimate of drug-likeness (QED) is 0.924. The summed E-state index contributed by atoms with van der Waals surface area (Å²) in [5, 5.41) is 3.58. The molecule has 1 saturated heterocycles. The summed E-state index contributed by atoms with van der Waals surface area (Å²) < 4.78 is 1.03. The maximum absolute atomic E-state index is 4.18. The van der Waals surface area contributed by atoms with Gasteiger partial charge in [-0.05, 0) is 40.8 Å². The minimum absolute atomic E-state index is 0.588. The molecule has 0 bridgehead atoms. The zero-order chi connectivity index (χ0) is 13.0. The van der Waals surface area contributed by atoms with Gasteiger partial charge in [0.2, 0.25) is 0 Å². The van der Waals surface area contributed by atoms with Crippen LogP contribution in [-0.4, -0.2) is 35.6 Å². The van der Waals surface area contributed by atoms with E-state index in [9.17, 15) is 0 Å². The van der Waals surface area contributed by atoms with Crippen LogP contribution in [0.2, 0.25) is 0 Å². The molecule has 0 saturated carbocycles. The number of nitrogens with one attached hydrogen (secondary N) is 1. The first kappa shape index (κ1) is 13.8. The Hall–Kier alpha value is -0.610. The maximum atomic E-state index is 4.18. The number of hydrogen-bond acceptors (Lipinski definition) is 3. The summed E-state index contributed by atoms with van der Waals surface area (Å²) in [5.74, 6) is 0.767. The molecule has 3 nitrogen and oxygen atoms in total. The van der Waals surface area contributed by atoms with Crippen molar-refractivity contribution in [3.05, 3.63) is 22.9 Å². The van der Waals surface area contributed by atoms with Gasteiger partial charge in [0.15, 0.2) is 0 Å². The van der Waals surface area contributed by atoms with Gasteiger partial charge in [-0.15, -0.1) is 0 Å². The largest absolute Gasteiger partial charge is 0.381 e. The van der Waals surface area contributed by atoms with E-state index < -0.39 is 0 Å². The predicted molar refractivity (Wildman–Crippen MR) is 79.9 cm³/mol. The van der Waals surface area contributed by atoms with E-state index in [2.05, 4.69) is 51.0 Å². The van der Waals surface area contributed by atoms with Crippen LogP contribution in [0.3, 0.4) is 0 Å². The smallest absolute Gasteiger partial charge is 0.0540 e. The van der Waals surface area contributed by atoms with Gasteiger partial charge >= 0.3 is 0 Å². The molecule has 0 radical (unpaired) electrons. The molecule has 0 atom stereocenters. The molecular formula is C14H22BrN3. The Balaban J connectivity index is 1.80. The summed E-state index contributed by atoms with van der Waals surface area (Å²) in [6.45, 7) is 8.22. The predicted octanol–water partition coefficient (Wildman–Crippen LogP) is 3.38. The number of rotatable bonds is 4. The highest BCUT2D eigenvalue weighted by molar-refractivity contribution is 9.10. The van der Waals surface area contributed by atoms with E-state index in [1.54, 1.807) is 0 Å². The van der Waals surface area contributed by atoms with E-state index in [4.69, 9.17) is 0 Å². The number of hydrogen-bond donors (Lipinski definition) is 1. The fourth-order valence-corrected chi connectivity index (χ4v) is 2.87. The Kier molecular flexibility index (Phi) is 5.01. The molecule has 1 fully saturated rings. The molecule has 100 valence electrons. The molecule has 0 amide bonds. The number of piperidine rings is 1. The highest BCUT2D eigenvalue weighted by Gasteiger charge is 2.19. The molecule has 0 spiro atoms. The Morgan fingerprint density at radius 1 is 1.39 bits per heavy atom. The Morgan fingerprint density at radius 3 is 2.72 bits per heavy atom. The second kappa shape index (κ2) is 6.53. The van der Waals surface area contributed by atoms with Gasteiger partial charge in [0.25, 0.3) is 0 Å². The number of anilines is 1. The first-order valence-corrected chi connectivity index (χ1v) is 7.52. The number of aromatic nitrogens is 1. The monoisotopic (exact) mass is 311 g/mol. The standard InChI is InChI=1S/C14H22BrN3/c1-11(2)10-18-5-3-13(4-6-18)17-14-7-12(15)8-16-9-14/h7-9,11,13,17H,3-6,10H2,1-2H3. The zero-order valence-corrected chi connectivity index (χ0v) is 12.8. The molecule has 0 aliphatic carbocycles. The molecule has 2 heterocycles. The third-order valence-electron chi connectivity index (χ3n) is 3.29. The minimum atomic E-state index is 0.588. The van der Waals surface area contributed by atoms with Gasteiger partial charge in [0.05, 0.1) is 11.9 Å². The molecule has 1 aliphatic heterocycles. The van der Waals surface area contributed by atoms with E-state index >= 15 is 0 Å². The Labute approximate surface area is 118 Å². The lowest BCUT2D eigenvalue weighted by molar-refractivity contribution is 0.198. The van der Waals surface area contributed by atoms with Gasteiger partial charge in [-0.3, -0.25) is 4.98 Å². The molecule has 1 N–H and O–H groups in total.